The molecule has 0 aliphatic carbocycles. The van der Waals surface area contributed by atoms with Gasteiger partial charge in [0.25, 0.3) is 0 Å². The van der Waals surface area contributed by atoms with Gasteiger partial charge in [0.1, 0.15) is 0 Å². The molecule has 0 aromatic carbocycles. The van der Waals surface area contributed by atoms with Crippen LogP contribution >= 0.6 is 0 Å². The Hall–Kier alpha value is -1.47. The van der Waals surface area contributed by atoms with E-state index in [0.29, 0.717) is 25.9 Å². The summed E-state index contributed by atoms with van der Waals surface area (Å²) in [7, 11) is 0. The van der Waals surface area contributed by atoms with Crippen LogP contribution in [0.3, 0.4) is 0 Å². The van der Waals surface area contributed by atoms with Gasteiger partial charge in [0.05, 0.1) is 18.6 Å². The minimum Gasteiger partial charge on any atom is -0.346 e. The predicted molar refractivity (Wildman–Crippen MR) is 74.3 cm³/mol. The van der Waals surface area contributed by atoms with Gasteiger partial charge in [-0.1, -0.05) is 6.42 Å². The molecule has 1 radical (unpaired) electrons. The van der Waals surface area contributed by atoms with E-state index in [4.69, 9.17) is 11.5 Å². The first-order valence-corrected chi connectivity index (χ1v) is 7.00. The Bertz CT molecular complexity index is 349. The van der Waals surface area contributed by atoms with Gasteiger partial charge in [0.2, 0.25) is 18.1 Å². The third kappa shape index (κ3) is 4.90. The summed E-state index contributed by atoms with van der Waals surface area (Å²) in [5, 5.41) is 2.51. The third-order valence-corrected chi connectivity index (χ3v) is 3.43. The predicted octanol–water partition coefficient (Wildman–Crippen LogP) is -1.34. The molecule has 113 valence electrons. The molecule has 1 aliphatic rings. The highest BCUT2D eigenvalue weighted by Gasteiger charge is 2.29. The maximum absolute atomic E-state index is 11.9. The molecule has 1 fully saturated rings. The molecule has 2 unspecified atom stereocenters. The molecule has 1 saturated heterocycles. The Morgan fingerprint density at radius 2 is 2.15 bits per heavy atom. The van der Waals surface area contributed by atoms with E-state index in [-0.39, 0.29) is 18.4 Å². The van der Waals surface area contributed by atoms with Crippen molar-refractivity contribution in [2.45, 2.75) is 44.2 Å². The van der Waals surface area contributed by atoms with Gasteiger partial charge in [0, 0.05) is 6.54 Å². The fraction of sp³-hybridized carbons (Fsp3) is 0.769. The maximum Gasteiger partial charge on any atom is 0.242 e. The normalized spacial score (nSPS) is 19.7. The van der Waals surface area contributed by atoms with E-state index in [1.54, 1.807) is 0 Å². The van der Waals surface area contributed by atoms with Crippen molar-refractivity contribution in [3.63, 3.8) is 0 Å². The van der Waals surface area contributed by atoms with E-state index in [1.807, 2.05) is 6.29 Å². The highest BCUT2D eigenvalue weighted by molar-refractivity contribution is 5.88. The molecule has 7 nitrogen and oxygen atoms in total. The zero-order valence-electron chi connectivity index (χ0n) is 11.6. The SMILES string of the molecule is NCCCCC(N)C(=O)NCC(=O)N1CCCC1[C]=O. The summed E-state index contributed by atoms with van der Waals surface area (Å²) in [6.07, 6.45) is 5.43. The lowest BCUT2D eigenvalue weighted by molar-refractivity contribution is -0.133. The summed E-state index contributed by atoms with van der Waals surface area (Å²) >= 11 is 0. The van der Waals surface area contributed by atoms with Crippen LogP contribution in [-0.4, -0.2) is 54.7 Å². The Morgan fingerprint density at radius 1 is 1.40 bits per heavy atom. The number of rotatable bonds is 8. The molecular formula is C13H23N4O3. The zero-order valence-corrected chi connectivity index (χ0v) is 11.6. The van der Waals surface area contributed by atoms with Gasteiger partial charge < -0.3 is 21.7 Å². The van der Waals surface area contributed by atoms with Crippen molar-refractivity contribution >= 4 is 18.1 Å². The molecule has 0 aromatic rings. The smallest absolute Gasteiger partial charge is 0.242 e. The van der Waals surface area contributed by atoms with Crippen LogP contribution in [0, 0.1) is 0 Å². The number of nitrogens with one attached hydrogen (secondary N) is 1. The van der Waals surface area contributed by atoms with Gasteiger partial charge in [0.15, 0.2) is 0 Å². The van der Waals surface area contributed by atoms with E-state index in [9.17, 15) is 14.4 Å². The van der Waals surface area contributed by atoms with Crippen molar-refractivity contribution in [2.24, 2.45) is 11.5 Å². The molecule has 2 atom stereocenters. The van der Waals surface area contributed by atoms with Crippen LogP contribution in [-0.2, 0) is 14.4 Å². The summed E-state index contributed by atoms with van der Waals surface area (Å²) < 4.78 is 0. The van der Waals surface area contributed by atoms with E-state index in [1.165, 1.54) is 4.90 Å². The van der Waals surface area contributed by atoms with Gasteiger partial charge in [-0.25, -0.2) is 0 Å². The number of nitrogens with zero attached hydrogens (tertiary/aromatic N) is 1. The topological polar surface area (TPSA) is 119 Å². The molecule has 1 rings (SSSR count). The minimum absolute atomic E-state index is 0.123. The number of likely N-dealkylation sites (tertiary alicyclic amines) is 1. The summed E-state index contributed by atoms with van der Waals surface area (Å²) in [5.74, 6) is -0.612. The quantitative estimate of drug-likeness (QED) is 0.476. The van der Waals surface area contributed by atoms with E-state index in [2.05, 4.69) is 5.32 Å². The van der Waals surface area contributed by atoms with E-state index >= 15 is 0 Å². The molecule has 0 spiro atoms. The number of hydrogen-bond donors (Lipinski definition) is 3. The number of amides is 2. The second-order valence-corrected chi connectivity index (χ2v) is 4.97. The maximum atomic E-state index is 11.9. The average Bonchev–Trinajstić information content (AvgIpc) is 2.92. The lowest BCUT2D eigenvalue weighted by Gasteiger charge is -2.20. The van der Waals surface area contributed by atoms with Gasteiger partial charge in [-0.2, -0.15) is 0 Å². The Morgan fingerprint density at radius 3 is 2.80 bits per heavy atom. The fourth-order valence-electron chi connectivity index (χ4n) is 2.22. The summed E-state index contributed by atoms with van der Waals surface area (Å²) in [4.78, 5) is 35.7. The minimum atomic E-state index is -0.624. The largest absolute Gasteiger partial charge is 0.346 e. The Labute approximate surface area is 119 Å². The number of hydrogen-bond acceptors (Lipinski definition) is 5. The van der Waals surface area contributed by atoms with Gasteiger partial charge >= 0.3 is 0 Å². The average molecular weight is 283 g/mol. The van der Waals surface area contributed by atoms with Crippen LogP contribution in [0.5, 0.6) is 0 Å². The third-order valence-electron chi connectivity index (χ3n) is 3.43. The van der Waals surface area contributed by atoms with Crippen molar-refractivity contribution in [3.05, 3.63) is 0 Å². The Kier molecular flexibility index (Phi) is 7.17. The highest BCUT2D eigenvalue weighted by Crippen LogP contribution is 2.14. The van der Waals surface area contributed by atoms with Crippen molar-refractivity contribution in [2.75, 3.05) is 19.6 Å². The Balaban J connectivity index is 2.29. The second-order valence-electron chi connectivity index (χ2n) is 4.97. The molecular weight excluding hydrogens is 260 g/mol. The summed E-state index contributed by atoms with van der Waals surface area (Å²) in [5.41, 5.74) is 11.1. The first-order valence-electron chi connectivity index (χ1n) is 7.00. The molecule has 2 amide bonds. The van der Waals surface area contributed by atoms with Gasteiger partial charge in [-0.3, -0.25) is 14.4 Å². The molecule has 1 aliphatic heterocycles. The van der Waals surface area contributed by atoms with E-state index < -0.39 is 12.1 Å². The van der Waals surface area contributed by atoms with Crippen molar-refractivity contribution in [1.29, 1.82) is 0 Å². The van der Waals surface area contributed by atoms with E-state index in [0.717, 1.165) is 19.3 Å². The van der Waals surface area contributed by atoms with Crippen LogP contribution < -0.4 is 16.8 Å². The summed E-state index contributed by atoms with van der Waals surface area (Å²) in [6.45, 7) is 0.990. The van der Waals surface area contributed by atoms with Gasteiger partial charge in [-0.15, -0.1) is 0 Å². The standard InChI is InChI=1S/C13H23N4O3/c14-6-2-1-5-11(15)13(20)16-8-12(19)17-7-3-4-10(17)9-18/h10-11H,1-8,14-15H2,(H,16,20). The van der Waals surface area contributed by atoms with Crippen molar-refractivity contribution in [3.8, 4) is 0 Å². The number of nitrogens with two attached hydrogens (primary N) is 2. The second kappa shape index (κ2) is 8.65. The van der Waals surface area contributed by atoms with Crippen LogP contribution in [0.25, 0.3) is 0 Å². The molecule has 1 heterocycles. The monoisotopic (exact) mass is 283 g/mol. The lowest BCUT2D eigenvalue weighted by atomic mass is 10.1. The molecule has 5 N–H and O–H groups in total. The van der Waals surface area contributed by atoms with Crippen LogP contribution in [0.1, 0.15) is 32.1 Å². The van der Waals surface area contributed by atoms with Crippen LogP contribution in [0.4, 0.5) is 0 Å². The highest BCUT2D eigenvalue weighted by atomic mass is 16.2. The first-order chi connectivity index (χ1) is 9.60. The fourth-order valence-corrected chi connectivity index (χ4v) is 2.22. The molecule has 0 aromatic heterocycles. The van der Waals surface area contributed by atoms with Crippen LogP contribution in [0.15, 0.2) is 0 Å². The molecule has 7 heteroatoms. The molecule has 20 heavy (non-hydrogen) atoms. The first kappa shape index (κ1) is 16.6. The molecule has 0 bridgehead atoms. The van der Waals surface area contributed by atoms with Gasteiger partial charge in [-0.05, 0) is 32.2 Å². The number of carbonyl (C=O) groups excluding carboxylic acids is 3. The zero-order chi connectivity index (χ0) is 15.0. The summed E-state index contributed by atoms with van der Waals surface area (Å²) in [6, 6.07) is -1.10. The van der Waals surface area contributed by atoms with Crippen LogP contribution in [0.2, 0.25) is 0 Å². The lowest BCUT2D eigenvalue weighted by Crippen LogP contribution is -2.47. The number of carbonyl (C=O) groups is 2. The van der Waals surface area contributed by atoms with Crippen molar-refractivity contribution < 1.29 is 14.4 Å². The molecule has 0 saturated carbocycles. The number of unbranched alkanes of at least 4 members (excludes halogenated alkanes) is 1. The van der Waals surface area contributed by atoms with Crippen molar-refractivity contribution in [1.82, 2.24) is 10.2 Å².